The van der Waals surface area contributed by atoms with Crippen LogP contribution in [0.3, 0.4) is 0 Å². The Balaban J connectivity index is 1.73. The molecule has 0 radical (unpaired) electrons. The van der Waals surface area contributed by atoms with Crippen LogP contribution in [0.5, 0.6) is 0 Å². The monoisotopic (exact) mass is 220 g/mol. The van der Waals surface area contributed by atoms with Gasteiger partial charge in [0.25, 0.3) is 0 Å². The first-order valence-electron chi connectivity index (χ1n) is 5.91. The lowest BCUT2D eigenvalue weighted by Crippen LogP contribution is -2.11. The maximum absolute atomic E-state index is 12.2. The van der Waals surface area contributed by atoms with Gasteiger partial charge in [-0.2, -0.15) is 0 Å². The molecule has 2 heteroatoms. The highest BCUT2D eigenvalue weighted by Gasteiger charge is 2.48. The molecule has 3 rings (SSSR count). The first-order valence-corrected chi connectivity index (χ1v) is 6.72. The summed E-state index contributed by atoms with van der Waals surface area (Å²) in [6.07, 6.45) is 4.79. The van der Waals surface area contributed by atoms with E-state index in [0.717, 1.165) is 23.1 Å². The van der Waals surface area contributed by atoms with Crippen LogP contribution < -0.4 is 0 Å². The number of thiophene rings is 1. The number of aryl methyl sites for hydroxylation is 1. The van der Waals surface area contributed by atoms with E-state index in [1.807, 2.05) is 6.07 Å². The number of ketones is 1. The molecule has 2 aliphatic rings. The predicted molar refractivity (Wildman–Crippen MR) is 62.3 cm³/mol. The Kier molecular flexibility index (Phi) is 2.20. The van der Waals surface area contributed by atoms with Crippen LogP contribution in [-0.4, -0.2) is 5.78 Å². The van der Waals surface area contributed by atoms with Crippen LogP contribution in [-0.2, 0) is 6.42 Å². The molecule has 15 heavy (non-hydrogen) atoms. The number of hydrogen-bond acceptors (Lipinski definition) is 2. The SMILES string of the molecule is CCc1ccc(C(=O)C2CC3CC3C2)s1. The average Bonchev–Trinajstić information content (AvgIpc) is 2.73. The summed E-state index contributed by atoms with van der Waals surface area (Å²) in [4.78, 5) is 14.5. The maximum Gasteiger partial charge on any atom is 0.175 e. The summed E-state index contributed by atoms with van der Waals surface area (Å²) in [7, 11) is 0. The molecule has 2 aliphatic carbocycles. The van der Waals surface area contributed by atoms with Gasteiger partial charge in [0.1, 0.15) is 0 Å². The van der Waals surface area contributed by atoms with E-state index in [2.05, 4.69) is 13.0 Å². The highest BCUT2D eigenvalue weighted by Crippen LogP contribution is 2.55. The summed E-state index contributed by atoms with van der Waals surface area (Å²) in [5.41, 5.74) is 0. The van der Waals surface area contributed by atoms with Gasteiger partial charge in [0, 0.05) is 10.8 Å². The Morgan fingerprint density at radius 3 is 2.67 bits per heavy atom. The van der Waals surface area contributed by atoms with Crippen molar-refractivity contribution >= 4 is 17.1 Å². The molecule has 1 heterocycles. The van der Waals surface area contributed by atoms with E-state index in [9.17, 15) is 4.79 Å². The van der Waals surface area contributed by atoms with Crippen LogP contribution in [0.1, 0.15) is 40.7 Å². The summed E-state index contributed by atoms with van der Waals surface area (Å²) in [6, 6.07) is 4.13. The van der Waals surface area contributed by atoms with Crippen molar-refractivity contribution in [2.24, 2.45) is 17.8 Å². The molecule has 0 N–H and O–H groups in total. The van der Waals surface area contributed by atoms with Gasteiger partial charge in [0.15, 0.2) is 5.78 Å². The molecule has 2 atom stereocenters. The minimum Gasteiger partial charge on any atom is -0.293 e. The van der Waals surface area contributed by atoms with Gasteiger partial charge in [0.05, 0.1) is 4.88 Å². The molecule has 1 aromatic rings. The largest absolute Gasteiger partial charge is 0.293 e. The zero-order chi connectivity index (χ0) is 10.4. The van der Waals surface area contributed by atoms with E-state index in [0.29, 0.717) is 11.7 Å². The summed E-state index contributed by atoms with van der Waals surface area (Å²) < 4.78 is 0. The topological polar surface area (TPSA) is 17.1 Å². The quantitative estimate of drug-likeness (QED) is 0.712. The van der Waals surface area contributed by atoms with Crippen LogP contribution in [0.2, 0.25) is 0 Å². The molecule has 0 amide bonds. The number of rotatable bonds is 3. The van der Waals surface area contributed by atoms with Gasteiger partial charge >= 0.3 is 0 Å². The van der Waals surface area contributed by atoms with E-state index < -0.39 is 0 Å². The third-order valence-corrected chi connectivity index (χ3v) is 5.11. The Morgan fingerprint density at radius 1 is 1.33 bits per heavy atom. The second-order valence-electron chi connectivity index (χ2n) is 4.91. The summed E-state index contributed by atoms with van der Waals surface area (Å²) in [5.74, 6) is 2.60. The van der Waals surface area contributed by atoms with Crippen LogP contribution in [0.25, 0.3) is 0 Å². The molecule has 2 fully saturated rings. The standard InChI is InChI=1S/C13H16OS/c1-2-11-3-4-12(15-11)13(14)10-6-8-5-9(8)7-10/h3-4,8-10H,2,5-7H2,1H3. The molecule has 2 unspecified atom stereocenters. The summed E-state index contributed by atoms with van der Waals surface area (Å²) in [6.45, 7) is 2.14. The fourth-order valence-corrected chi connectivity index (χ4v) is 3.80. The van der Waals surface area contributed by atoms with Crippen molar-refractivity contribution in [3.8, 4) is 0 Å². The van der Waals surface area contributed by atoms with Gasteiger partial charge in [-0.3, -0.25) is 4.79 Å². The normalized spacial score (nSPS) is 32.7. The summed E-state index contributed by atoms with van der Waals surface area (Å²) in [5, 5.41) is 0. The molecule has 0 saturated heterocycles. The van der Waals surface area contributed by atoms with E-state index >= 15 is 0 Å². The van der Waals surface area contributed by atoms with E-state index in [4.69, 9.17) is 0 Å². The number of Topliss-reactive ketones (excluding diaryl/α,β-unsaturated/α-hetero) is 1. The van der Waals surface area contributed by atoms with Crippen LogP contribution in [0.4, 0.5) is 0 Å². The van der Waals surface area contributed by atoms with Gasteiger partial charge in [-0.15, -0.1) is 11.3 Å². The minimum absolute atomic E-state index is 0.358. The van der Waals surface area contributed by atoms with E-state index in [1.54, 1.807) is 11.3 Å². The lowest BCUT2D eigenvalue weighted by molar-refractivity contribution is 0.0918. The van der Waals surface area contributed by atoms with E-state index in [-0.39, 0.29) is 0 Å². The number of fused-ring (bicyclic) bond motifs is 1. The summed E-state index contributed by atoms with van der Waals surface area (Å²) >= 11 is 1.69. The maximum atomic E-state index is 12.2. The third-order valence-electron chi connectivity index (χ3n) is 3.87. The Hall–Kier alpha value is -0.630. The zero-order valence-electron chi connectivity index (χ0n) is 9.03. The highest BCUT2D eigenvalue weighted by molar-refractivity contribution is 7.14. The minimum atomic E-state index is 0.358. The molecule has 1 aromatic heterocycles. The van der Waals surface area contributed by atoms with Crippen molar-refractivity contribution in [2.45, 2.75) is 32.6 Å². The van der Waals surface area contributed by atoms with Crippen molar-refractivity contribution in [1.29, 1.82) is 0 Å². The lowest BCUT2D eigenvalue weighted by Gasteiger charge is -2.07. The van der Waals surface area contributed by atoms with E-state index in [1.165, 1.54) is 24.1 Å². The average molecular weight is 220 g/mol. The first-order chi connectivity index (χ1) is 7.28. The molecule has 0 aliphatic heterocycles. The highest BCUT2D eigenvalue weighted by atomic mass is 32.1. The van der Waals surface area contributed by atoms with Crippen LogP contribution >= 0.6 is 11.3 Å². The number of carbonyl (C=O) groups is 1. The van der Waals surface area contributed by atoms with Crippen molar-refractivity contribution in [3.63, 3.8) is 0 Å². The molecule has 0 aromatic carbocycles. The molecule has 80 valence electrons. The Morgan fingerprint density at radius 2 is 2.07 bits per heavy atom. The Bertz CT molecular complexity index is 383. The number of carbonyl (C=O) groups excluding carboxylic acids is 1. The molecular weight excluding hydrogens is 204 g/mol. The van der Waals surface area contributed by atoms with Crippen molar-refractivity contribution < 1.29 is 4.79 Å². The Labute approximate surface area is 94.5 Å². The zero-order valence-corrected chi connectivity index (χ0v) is 9.85. The second kappa shape index (κ2) is 3.44. The smallest absolute Gasteiger partial charge is 0.175 e. The van der Waals surface area contributed by atoms with Crippen molar-refractivity contribution in [1.82, 2.24) is 0 Å². The predicted octanol–water partition coefficient (Wildman–Crippen LogP) is 3.54. The van der Waals surface area contributed by atoms with Crippen molar-refractivity contribution in [3.05, 3.63) is 21.9 Å². The van der Waals surface area contributed by atoms with Gasteiger partial charge < -0.3 is 0 Å². The third kappa shape index (κ3) is 1.65. The van der Waals surface area contributed by atoms with Crippen LogP contribution in [0.15, 0.2) is 12.1 Å². The van der Waals surface area contributed by atoms with Gasteiger partial charge in [-0.25, -0.2) is 0 Å². The fraction of sp³-hybridized carbons (Fsp3) is 0.615. The van der Waals surface area contributed by atoms with Crippen molar-refractivity contribution in [2.75, 3.05) is 0 Å². The fourth-order valence-electron chi connectivity index (χ4n) is 2.83. The van der Waals surface area contributed by atoms with Gasteiger partial charge in [0.2, 0.25) is 0 Å². The van der Waals surface area contributed by atoms with Gasteiger partial charge in [-0.05, 0) is 49.7 Å². The van der Waals surface area contributed by atoms with Gasteiger partial charge in [-0.1, -0.05) is 6.92 Å². The van der Waals surface area contributed by atoms with Crippen LogP contribution in [0, 0.1) is 17.8 Å². The lowest BCUT2D eigenvalue weighted by atomic mass is 9.97. The number of hydrogen-bond donors (Lipinski definition) is 0. The molecule has 1 nitrogen and oxygen atoms in total. The molecule has 0 bridgehead atoms. The second-order valence-corrected chi connectivity index (χ2v) is 6.08. The molecule has 0 spiro atoms. The molecule has 2 saturated carbocycles. The molecular formula is C13H16OS. The first kappa shape index (κ1) is 9.59.